The molecule has 5 rings (SSSR count). The van der Waals surface area contributed by atoms with E-state index in [1.54, 1.807) is 11.3 Å². The molecule has 3 nitrogen and oxygen atoms in total. The van der Waals surface area contributed by atoms with Gasteiger partial charge in [0, 0.05) is 37.8 Å². The third kappa shape index (κ3) is 2.60. The molecule has 0 aliphatic rings. The number of nitrogens with zero attached hydrogens (tertiary/aromatic N) is 1. The average Bonchev–Trinajstić information content (AvgIpc) is 3.24. The molecular formula is C22H17ClN2OS. The minimum Gasteiger partial charge on any atom is -0.492 e. The molecule has 0 radical (unpaired) electrons. The van der Waals surface area contributed by atoms with E-state index in [4.69, 9.17) is 22.1 Å². The third-order valence-corrected chi connectivity index (χ3v) is 5.98. The fourth-order valence-electron chi connectivity index (χ4n) is 3.70. The van der Waals surface area contributed by atoms with Gasteiger partial charge in [0.1, 0.15) is 12.4 Å². The van der Waals surface area contributed by atoms with Crippen molar-refractivity contribution in [3.63, 3.8) is 0 Å². The summed E-state index contributed by atoms with van der Waals surface area (Å²) in [6.45, 7) is 0.984. The van der Waals surface area contributed by atoms with Crippen molar-refractivity contribution < 1.29 is 4.74 Å². The zero-order chi connectivity index (χ0) is 18.4. The van der Waals surface area contributed by atoms with Crippen LogP contribution in [0.2, 0.25) is 5.02 Å². The van der Waals surface area contributed by atoms with Crippen molar-refractivity contribution in [2.75, 3.05) is 13.2 Å². The average molecular weight is 393 g/mol. The number of halogens is 1. The number of benzene rings is 3. The highest BCUT2D eigenvalue weighted by molar-refractivity contribution is 7.17. The molecule has 0 aliphatic carbocycles. The number of hydrogen-bond acceptors (Lipinski definition) is 3. The Morgan fingerprint density at radius 2 is 1.81 bits per heavy atom. The van der Waals surface area contributed by atoms with E-state index in [1.165, 1.54) is 10.1 Å². The molecule has 0 saturated heterocycles. The quantitative estimate of drug-likeness (QED) is 0.408. The van der Waals surface area contributed by atoms with Crippen molar-refractivity contribution >= 4 is 54.8 Å². The molecule has 0 unspecified atom stereocenters. The Morgan fingerprint density at radius 3 is 2.70 bits per heavy atom. The molecule has 2 heterocycles. The maximum absolute atomic E-state index is 6.29. The maximum Gasteiger partial charge on any atom is 0.129 e. The first-order valence-corrected chi connectivity index (χ1v) is 10.1. The van der Waals surface area contributed by atoms with Gasteiger partial charge in [-0.2, -0.15) is 0 Å². The molecule has 0 saturated carbocycles. The van der Waals surface area contributed by atoms with E-state index in [-0.39, 0.29) is 0 Å². The van der Waals surface area contributed by atoms with Gasteiger partial charge in [-0.1, -0.05) is 35.9 Å². The molecule has 0 amide bonds. The summed E-state index contributed by atoms with van der Waals surface area (Å²) in [4.78, 5) is 0. The van der Waals surface area contributed by atoms with Crippen LogP contribution in [0.25, 0.3) is 37.6 Å². The van der Waals surface area contributed by atoms with Crippen LogP contribution in [-0.4, -0.2) is 17.7 Å². The standard InChI is InChI=1S/C22H17ClN2OS/c23-14-8-9-21-16(12-14)19(13-27-21)25-17-5-2-1-4-15(17)22-18(25)6-3-7-20(22)26-11-10-24/h1-9,12-13H,10-11,24H2. The molecule has 3 aromatic carbocycles. The second-order valence-corrected chi connectivity index (χ2v) is 7.75. The highest BCUT2D eigenvalue weighted by Gasteiger charge is 2.17. The smallest absolute Gasteiger partial charge is 0.129 e. The first-order valence-electron chi connectivity index (χ1n) is 8.80. The second-order valence-electron chi connectivity index (χ2n) is 6.40. The van der Waals surface area contributed by atoms with Crippen LogP contribution in [-0.2, 0) is 0 Å². The topological polar surface area (TPSA) is 40.2 Å². The summed E-state index contributed by atoms with van der Waals surface area (Å²) in [5.41, 5.74) is 9.05. The SMILES string of the molecule is NCCOc1cccc2c1c1ccccc1n2-c1csc2ccc(Cl)cc12. The Hall–Kier alpha value is -2.53. The predicted molar refractivity (Wildman–Crippen MR) is 116 cm³/mol. The second kappa shape index (κ2) is 6.57. The Kier molecular flexibility index (Phi) is 4.05. The molecule has 5 heteroatoms. The Morgan fingerprint density at radius 1 is 0.963 bits per heavy atom. The lowest BCUT2D eigenvalue weighted by molar-refractivity contribution is 0.332. The highest BCUT2D eigenvalue weighted by atomic mass is 35.5. The minimum absolute atomic E-state index is 0.489. The molecule has 2 aromatic heterocycles. The van der Waals surface area contributed by atoms with Gasteiger partial charge in [-0.3, -0.25) is 0 Å². The number of nitrogens with two attached hydrogens (primary N) is 1. The fraction of sp³-hybridized carbons (Fsp3) is 0.0909. The summed E-state index contributed by atoms with van der Waals surface area (Å²) >= 11 is 8.02. The van der Waals surface area contributed by atoms with Crippen LogP contribution < -0.4 is 10.5 Å². The van der Waals surface area contributed by atoms with Crippen molar-refractivity contribution in [3.8, 4) is 11.4 Å². The van der Waals surface area contributed by atoms with Gasteiger partial charge in [0.05, 0.1) is 16.7 Å². The largest absolute Gasteiger partial charge is 0.492 e. The summed E-state index contributed by atoms with van der Waals surface area (Å²) in [5, 5.41) is 6.38. The number of aromatic nitrogens is 1. The highest BCUT2D eigenvalue weighted by Crippen LogP contribution is 2.40. The van der Waals surface area contributed by atoms with Crippen LogP contribution in [0, 0.1) is 0 Å². The number of para-hydroxylation sites is 1. The summed E-state index contributed by atoms with van der Waals surface area (Å²) in [7, 11) is 0. The summed E-state index contributed by atoms with van der Waals surface area (Å²) in [6, 6.07) is 20.7. The molecule has 0 atom stereocenters. The van der Waals surface area contributed by atoms with Gasteiger partial charge in [0.15, 0.2) is 0 Å². The van der Waals surface area contributed by atoms with E-state index in [9.17, 15) is 0 Å². The van der Waals surface area contributed by atoms with Crippen LogP contribution in [0.3, 0.4) is 0 Å². The predicted octanol–water partition coefficient (Wildman–Crippen LogP) is 5.99. The number of ether oxygens (including phenoxy) is 1. The van der Waals surface area contributed by atoms with E-state index in [0.29, 0.717) is 13.2 Å². The van der Waals surface area contributed by atoms with Gasteiger partial charge < -0.3 is 15.0 Å². The van der Waals surface area contributed by atoms with Crippen LogP contribution in [0.4, 0.5) is 0 Å². The van der Waals surface area contributed by atoms with Gasteiger partial charge in [0.25, 0.3) is 0 Å². The van der Waals surface area contributed by atoms with Gasteiger partial charge in [-0.05, 0) is 36.4 Å². The minimum atomic E-state index is 0.489. The Bertz CT molecular complexity index is 1290. The first-order chi connectivity index (χ1) is 13.3. The maximum atomic E-state index is 6.29. The van der Waals surface area contributed by atoms with E-state index < -0.39 is 0 Å². The Balaban J connectivity index is 1.89. The number of rotatable bonds is 4. The fourth-order valence-corrected chi connectivity index (χ4v) is 4.78. The van der Waals surface area contributed by atoms with Gasteiger partial charge >= 0.3 is 0 Å². The lowest BCUT2D eigenvalue weighted by atomic mass is 10.1. The van der Waals surface area contributed by atoms with E-state index in [2.05, 4.69) is 46.3 Å². The third-order valence-electron chi connectivity index (χ3n) is 4.79. The zero-order valence-corrected chi connectivity index (χ0v) is 16.1. The molecule has 0 bridgehead atoms. The number of thiophene rings is 1. The van der Waals surface area contributed by atoms with E-state index in [0.717, 1.165) is 38.3 Å². The molecular weight excluding hydrogens is 376 g/mol. The monoisotopic (exact) mass is 392 g/mol. The molecule has 0 aliphatic heterocycles. The van der Waals surface area contributed by atoms with Crippen LogP contribution in [0.1, 0.15) is 0 Å². The zero-order valence-electron chi connectivity index (χ0n) is 14.5. The van der Waals surface area contributed by atoms with Crippen molar-refractivity contribution in [2.24, 2.45) is 5.73 Å². The summed E-state index contributed by atoms with van der Waals surface area (Å²) in [6.07, 6.45) is 0. The van der Waals surface area contributed by atoms with Crippen molar-refractivity contribution in [3.05, 3.63) is 71.1 Å². The van der Waals surface area contributed by atoms with Gasteiger partial charge in [-0.25, -0.2) is 0 Å². The summed E-state index contributed by atoms with van der Waals surface area (Å²) < 4.78 is 9.48. The van der Waals surface area contributed by atoms with Crippen LogP contribution >= 0.6 is 22.9 Å². The lowest BCUT2D eigenvalue weighted by Crippen LogP contribution is -2.10. The van der Waals surface area contributed by atoms with Crippen molar-refractivity contribution in [2.45, 2.75) is 0 Å². The van der Waals surface area contributed by atoms with E-state index in [1.807, 2.05) is 24.3 Å². The Labute approximate surface area is 165 Å². The van der Waals surface area contributed by atoms with Crippen molar-refractivity contribution in [1.82, 2.24) is 4.57 Å². The molecule has 2 N–H and O–H groups in total. The molecule has 5 aromatic rings. The van der Waals surface area contributed by atoms with Crippen LogP contribution in [0.15, 0.2) is 66.0 Å². The summed E-state index contributed by atoms with van der Waals surface area (Å²) in [5.74, 6) is 0.866. The first kappa shape index (κ1) is 16.6. The van der Waals surface area contributed by atoms with Crippen molar-refractivity contribution in [1.29, 1.82) is 0 Å². The van der Waals surface area contributed by atoms with Gasteiger partial charge in [-0.15, -0.1) is 11.3 Å². The number of fused-ring (bicyclic) bond motifs is 4. The normalized spacial score (nSPS) is 11.6. The molecule has 27 heavy (non-hydrogen) atoms. The molecule has 0 spiro atoms. The van der Waals surface area contributed by atoms with E-state index >= 15 is 0 Å². The molecule has 134 valence electrons. The van der Waals surface area contributed by atoms with Gasteiger partial charge in [0.2, 0.25) is 0 Å². The van der Waals surface area contributed by atoms with Crippen LogP contribution in [0.5, 0.6) is 5.75 Å². The molecule has 0 fully saturated rings. The lowest BCUT2D eigenvalue weighted by Gasteiger charge is -2.08. The number of hydrogen-bond donors (Lipinski definition) is 1.